The lowest BCUT2D eigenvalue weighted by Gasteiger charge is -2.44. The second kappa shape index (κ2) is 19.4. The summed E-state index contributed by atoms with van der Waals surface area (Å²) in [6.07, 6.45) is 4.61. The Morgan fingerprint density at radius 3 is 1.97 bits per heavy atom. The number of aryl methyl sites for hydroxylation is 2. The number of phenolic OH excluding ortho intramolecular Hbond substituents is 1. The summed E-state index contributed by atoms with van der Waals surface area (Å²) in [6, 6.07) is 35.0. The Bertz CT molecular complexity index is 2180. The topological polar surface area (TPSA) is 111 Å². The van der Waals surface area contributed by atoms with E-state index in [1.807, 2.05) is 44.2 Å². The highest BCUT2D eigenvalue weighted by atomic mass is 28.4. The zero-order chi connectivity index (χ0) is 44.2. The van der Waals surface area contributed by atoms with Crippen molar-refractivity contribution < 1.29 is 29.3 Å². The quantitative estimate of drug-likeness (QED) is 0.0630. The molecule has 2 amide bonds. The normalized spacial score (nSPS) is 21.1. The number of aliphatic hydroxyl groups is 2. The van der Waals surface area contributed by atoms with Crippen LogP contribution < -0.4 is 10.4 Å². The van der Waals surface area contributed by atoms with Gasteiger partial charge in [-0.05, 0) is 113 Å². The minimum atomic E-state index is -3.04. The number of hydrogen-bond donors (Lipinski definition) is 3. The van der Waals surface area contributed by atoms with Gasteiger partial charge in [0.2, 0.25) is 11.8 Å². The minimum absolute atomic E-state index is 0.160. The first-order chi connectivity index (χ1) is 29.8. The van der Waals surface area contributed by atoms with Gasteiger partial charge in [-0.3, -0.25) is 19.4 Å². The molecule has 2 saturated heterocycles. The number of fused-ring (bicyclic) bond motifs is 1. The van der Waals surface area contributed by atoms with Crippen LogP contribution in [0.15, 0.2) is 120 Å². The molecule has 3 N–H and O–H groups in total. The summed E-state index contributed by atoms with van der Waals surface area (Å²) in [5, 5.41) is 36.2. The van der Waals surface area contributed by atoms with Gasteiger partial charge < -0.3 is 19.7 Å². The molecule has 0 radical (unpaired) electrons. The van der Waals surface area contributed by atoms with Crippen molar-refractivity contribution in [3.8, 4) is 5.75 Å². The number of nitrogens with zero attached hydrogens (tertiary/aromatic N) is 2. The van der Waals surface area contributed by atoms with Crippen LogP contribution in [0.4, 0.5) is 0 Å². The van der Waals surface area contributed by atoms with E-state index in [-0.39, 0.29) is 36.1 Å². The van der Waals surface area contributed by atoms with E-state index in [4.69, 9.17) is 4.43 Å². The molecule has 4 atom stereocenters. The number of likely N-dealkylation sites (tertiary alicyclic amines) is 2. The molecule has 0 unspecified atom stereocenters. The third-order valence-corrected chi connectivity index (χ3v) is 18.9. The Kier molecular flexibility index (Phi) is 14.2. The number of rotatable bonds is 15. The average Bonchev–Trinajstić information content (AvgIpc) is 3.52. The molecule has 2 heterocycles. The van der Waals surface area contributed by atoms with Crippen LogP contribution in [0.3, 0.4) is 0 Å². The molecule has 328 valence electrons. The summed E-state index contributed by atoms with van der Waals surface area (Å²) < 4.78 is 7.49. The van der Waals surface area contributed by atoms with Crippen LogP contribution >= 0.6 is 0 Å². The number of piperidine rings is 1. The van der Waals surface area contributed by atoms with E-state index in [0.29, 0.717) is 43.4 Å². The van der Waals surface area contributed by atoms with Gasteiger partial charge in [-0.2, -0.15) is 0 Å². The Balaban J connectivity index is 1.22. The van der Waals surface area contributed by atoms with Gasteiger partial charge >= 0.3 is 0 Å². The molecule has 2 fully saturated rings. The molecule has 1 aliphatic carbocycles. The summed E-state index contributed by atoms with van der Waals surface area (Å²) in [6.45, 7) is 14.8. The maximum absolute atomic E-state index is 14.7. The number of carbonyl (C=O) groups excluding carboxylic acids is 2. The van der Waals surface area contributed by atoms with Gasteiger partial charge in [0, 0.05) is 31.6 Å². The van der Waals surface area contributed by atoms with Crippen molar-refractivity contribution in [1.29, 1.82) is 0 Å². The molecule has 4 aromatic rings. The second-order valence-electron chi connectivity index (χ2n) is 18.9. The third-order valence-electron chi connectivity index (χ3n) is 13.9. The van der Waals surface area contributed by atoms with Gasteiger partial charge in [0.25, 0.3) is 8.32 Å². The maximum Gasteiger partial charge on any atom is 0.261 e. The Morgan fingerprint density at radius 1 is 0.871 bits per heavy atom. The lowest BCUT2D eigenvalue weighted by Crippen LogP contribution is -2.66. The van der Waals surface area contributed by atoms with Crippen molar-refractivity contribution in [2.75, 3.05) is 26.3 Å². The zero-order valence-electron chi connectivity index (χ0n) is 37.5. The smallest absolute Gasteiger partial charge is 0.261 e. The van der Waals surface area contributed by atoms with E-state index in [9.17, 15) is 24.9 Å². The van der Waals surface area contributed by atoms with Crippen LogP contribution in [0.1, 0.15) is 88.5 Å². The summed E-state index contributed by atoms with van der Waals surface area (Å²) in [7, 11) is -3.04. The standard InChI is InChI=1S/C53H66N2O6Si/c1-7-38(31-40-29-36(2)50(58)37(3)30-40)23-24-47(57)48-41(35-61-62(53(4,5)6,43-19-13-9-14-20-43)44-21-15-10-16-22-44)32-45-49(46(48)34-56)52(60)55(51(45)59)42-25-27-54(28-26-42)33-39-17-11-8-12-18-39/h8-22,29-31,42,45-47,49,56-58H,7,23-28,32-35H2,1-6H3/b38-31+/t45-,46+,47-,49-/m1/s1. The zero-order valence-corrected chi connectivity index (χ0v) is 38.5. The van der Waals surface area contributed by atoms with E-state index < -0.39 is 32.2 Å². The molecule has 9 heteroatoms. The van der Waals surface area contributed by atoms with Gasteiger partial charge in [-0.1, -0.05) is 130 Å². The Labute approximate surface area is 370 Å². The summed E-state index contributed by atoms with van der Waals surface area (Å²) >= 11 is 0. The number of imide groups is 1. The van der Waals surface area contributed by atoms with Crippen molar-refractivity contribution in [2.24, 2.45) is 17.8 Å². The molecular weight excluding hydrogens is 789 g/mol. The van der Waals surface area contributed by atoms with Gasteiger partial charge in [0.1, 0.15) is 5.75 Å². The van der Waals surface area contributed by atoms with E-state index in [0.717, 1.165) is 64.3 Å². The van der Waals surface area contributed by atoms with Crippen molar-refractivity contribution in [2.45, 2.75) is 104 Å². The third kappa shape index (κ3) is 9.20. The fourth-order valence-corrected chi connectivity index (χ4v) is 15.3. The second-order valence-corrected chi connectivity index (χ2v) is 23.2. The summed E-state index contributed by atoms with van der Waals surface area (Å²) in [5.74, 6) is -2.19. The van der Waals surface area contributed by atoms with E-state index in [2.05, 4.69) is 111 Å². The summed E-state index contributed by atoms with van der Waals surface area (Å²) in [4.78, 5) is 33.3. The molecule has 62 heavy (non-hydrogen) atoms. The number of allylic oxidation sites excluding steroid dienone is 1. The van der Waals surface area contributed by atoms with Gasteiger partial charge in [0.15, 0.2) is 0 Å². The Morgan fingerprint density at radius 2 is 1.44 bits per heavy atom. The first kappa shape index (κ1) is 45.4. The number of hydrogen-bond acceptors (Lipinski definition) is 7. The SMILES string of the molecule is CC/C(=C\c1cc(C)c(O)c(C)c1)CC[C@@H](O)C1=C(CO[Si](c2ccccc2)(c2ccccc2)C(C)(C)C)C[C@H]2C(=O)N(C3CCN(Cc4ccccc4)CC3)C(=O)[C@H]2[C@H]1CO. The first-order valence-corrected chi connectivity index (χ1v) is 24.6. The molecule has 0 aromatic heterocycles. The van der Waals surface area contributed by atoms with Crippen LogP contribution in [-0.4, -0.2) is 83.7 Å². The van der Waals surface area contributed by atoms with Gasteiger partial charge in [-0.25, -0.2) is 0 Å². The highest BCUT2D eigenvalue weighted by Gasteiger charge is 2.57. The molecule has 8 nitrogen and oxygen atoms in total. The minimum Gasteiger partial charge on any atom is -0.507 e. The molecule has 0 spiro atoms. The van der Waals surface area contributed by atoms with Crippen LogP contribution in [0.25, 0.3) is 6.08 Å². The van der Waals surface area contributed by atoms with E-state index in [1.165, 1.54) is 5.56 Å². The number of aliphatic hydroxyl groups excluding tert-OH is 2. The Hall–Kier alpha value is -4.64. The maximum atomic E-state index is 14.7. The van der Waals surface area contributed by atoms with Crippen molar-refractivity contribution >= 4 is 36.6 Å². The summed E-state index contributed by atoms with van der Waals surface area (Å²) in [5.41, 5.74) is 6.48. The number of carbonyl (C=O) groups is 2. The lowest BCUT2D eigenvalue weighted by atomic mass is 9.68. The number of phenols is 1. The molecule has 2 aliphatic heterocycles. The van der Waals surface area contributed by atoms with Crippen molar-refractivity contribution in [1.82, 2.24) is 9.80 Å². The number of aromatic hydroxyl groups is 1. The van der Waals surface area contributed by atoms with E-state index >= 15 is 0 Å². The molecule has 0 saturated carbocycles. The van der Waals surface area contributed by atoms with Crippen LogP contribution in [0, 0.1) is 31.6 Å². The van der Waals surface area contributed by atoms with Gasteiger partial charge in [0.05, 0.1) is 31.2 Å². The number of amides is 2. The molecular formula is C53H66N2O6Si. The first-order valence-electron chi connectivity index (χ1n) is 22.7. The largest absolute Gasteiger partial charge is 0.507 e. The molecule has 0 bridgehead atoms. The lowest BCUT2D eigenvalue weighted by molar-refractivity contribution is -0.144. The van der Waals surface area contributed by atoms with Gasteiger partial charge in [-0.15, -0.1) is 0 Å². The fraction of sp³-hybridized carbons (Fsp3) is 0.434. The fourth-order valence-electron chi connectivity index (χ4n) is 10.7. The molecule has 4 aromatic carbocycles. The predicted molar refractivity (Wildman–Crippen MR) is 250 cm³/mol. The van der Waals surface area contributed by atoms with Crippen molar-refractivity contribution in [3.05, 3.63) is 142 Å². The highest BCUT2D eigenvalue weighted by molar-refractivity contribution is 6.99. The van der Waals surface area contributed by atoms with Crippen molar-refractivity contribution in [3.63, 3.8) is 0 Å². The van der Waals surface area contributed by atoms with Crippen LogP contribution in [0.2, 0.25) is 5.04 Å². The molecule has 7 rings (SSSR count). The monoisotopic (exact) mass is 854 g/mol. The average molecular weight is 855 g/mol. The highest BCUT2D eigenvalue weighted by Crippen LogP contribution is 2.48. The molecule has 3 aliphatic rings. The van der Waals surface area contributed by atoms with Crippen LogP contribution in [0.5, 0.6) is 5.75 Å². The van der Waals surface area contributed by atoms with E-state index in [1.54, 1.807) is 4.90 Å². The number of benzene rings is 4. The van der Waals surface area contributed by atoms with Crippen LogP contribution in [-0.2, 0) is 20.6 Å². The predicted octanol–water partition coefficient (Wildman–Crippen LogP) is 8.09.